The van der Waals surface area contributed by atoms with E-state index in [1.807, 2.05) is 19.0 Å². The summed E-state index contributed by atoms with van der Waals surface area (Å²) in [5, 5.41) is 0. The van der Waals surface area contributed by atoms with Crippen LogP contribution in [0.25, 0.3) is 0 Å². The van der Waals surface area contributed by atoms with Crippen molar-refractivity contribution in [3.8, 4) is 0 Å². The van der Waals surface area contributed by atoms with Crippen molar-refractivity contribution in [3.63, 3.8) is 0 Å². The molecule has 0 radical (unpaired) electrons. The molecule has 0 fully saturated rings. The molecule has 0 aliphatic heterocycles. The van der Waals surface area contributed by atoms with Crippen LogP contribution in [0, 0.1) is 0 Å². The Morgan fingerprint density at radius 3 is 2.14 bits per heavy atom. The molecule has 0 atom stereocenters. The molecule has 0 aromatic carbocycles. The summed E-state index contributed by atoms with van der Waals surface area (Å²) < 4.78 is 9.36. The average molecular weight is 205 g/mol. The van der Waals surface area contributed by atoms with Crippen molar-refractivity contribution in [1.29, 1.82) is 0 Å². The second-order valence-corrected chi connectivity index (χ2v) is 3.14. The van der Waals surface area contributed by atoms with Gasteiger partial charge in [0.2, 0.25) is 0 Å². The lowest BCUT2D eigenvalue weighted by atomic mass is 10.6. The van der Waals surface area contributed by atoms with Crippen LogP contribution >= 0.6 is 0 Å². The van der Waals surface area contributed by atoms with E-state index >= 15 is 0 Å². The first-order valence-electron chi connectivity index (χ1n) is 4.87. The van der Waals surface area contributed by atoms with Crippen molar-refractivity contribution in [1.82, 2.24) is 4.90 Å². The molecule has 0 aromatic heterocycles. The number of ether oxygens (including phenoxy) is 2. The zero-order valence-electron chi connectivity index (χ0n) is 10.0. The zero-order valence-corrected chi connectivity index (χ0v) is 10.0. The van der Waals surface area contributed by atoms with Crippen molar-refractivity contribution in [3.05, 3.63) is 0 Å². The van der Waals surface area contributed by atoms with Gasteiger partial charge in [-0.15, -0.1) is 0 Å². The van der Waals surface area contributed by atoms with Crippen molar-refractivity contribution >= 4 is 5.97 Å². The summed E-state index contributed by atoms with van der Waals surface area (Å²) in [6.45, 7) is 5.67. The summed E-state index contributed by atoms with van der Waals surface area (Å²) >= 11 is 0. The maximum Gasteiger partial charge on any atom is 0.331 e. The van der Waals surface area contributed by atoms with Gasteiger partial charge in [0.1, 0.15) is 6.61 Å². The zero-order chi connectivity index (χ0) is 11.4. The Kier molecular flexibility index (Phi) is 14.0. The molecule has 0 N–H and O–H groups in total. The number of hydrogen-bond donors (Lipinski definition) is 0. The van der Waals surface area contributed by atoms with Gasteiger partial charge in [0.15, 0.2) is 0 Å². The van der Waals surface area contributed by atoms with Crippen LogP contribution in [0.15, 0.2) is 0 Å². The van der Waals surface area contributed by atoms with Gasteiger partial charge in [-0.2, -0.15) is 0 Å². The van der Waals surface area contributed by atoms with Crippen molar-refractivity contribution in [2.45, 2.75) is 20.3 Å². The summed E-state index contributed by atoms with van der Waals surface area (Å²) in [7, 11) is 5.24. The molecule has 4 nitrogen and oxygen atoms in total. The molecule has 0 spiro atoms. The fourth-order valence-corrected chi connectivity index (χ4v) is 0.462. The molecule has 4 heteroatoms. The van der Waals surface area contributed by atoms with Gasteiger partial charge < -0.3 is 14.4 Å². The molecule has 0 aromatic rings. The average Bonchev–Trinajstić information content (AvgIpc) is 2.13. The molecule has 0 rings (SSSR count). The van der Waals surface area contributed by atoms with Crippen LogP contribution in [-0.4, -0.2) is 51.8 Å². The topological polar surface area (TPSA) is 38.8 Å². The Hall–Kier alpha value is -0.610. The van der Waals surface area contributed by atoms with E-state index in [1.165, 1.54) is 13.5 Å². The van der Waals surface area contributed by atoms with Gasteiger partial charge in [-0.05, 0) is 14.1 Å². The van der Waals surface area contributed by atoms with E-state index in [0.717, 1.165) is 6.54 Å². The second-order valence-electron chi connectivity index (χ2n) is 3.14. The van der Waals surface area contributed by atoms with Crippen molar-refractivity contribution < 1.29 is 14.3 Å². The number of likely N-dealkylation sites (N-methyl/N-ethyl adjacent to an activating group) is 1. The molecule has 0 aliphatic carbocycles. The Morgan fingerprint density at radius 1 is 1.29 bits per heavy atom. The van der Waals surface area contributed by atoms with Gasteiger partial charge in [0.05, 0.1) is 13.7 Å². The van der Waals surface area contributed by atoms with Gasteiger partial charge in [0.25, 0.3) is 0 Å². The maximum absolute atomic E-state index is 10.5. The highest BCUT2D eigenvalue weighted by Crippen LogP contribution is 1.80. The van der Waals surface area contributed by atoms with Crippen LogP contribution in [0.3, 0.4) is 0 Å². The molecular weight excluding hydrogens is 182 g/mol. The molecule has 0 aliphatic rings. The largest absolute Gasteiger partial charge is 0.467 e. The molecule has 0 heterocycles. The lowest BCUT2D eigenvalue weighted by Crippen LogP contribution is -2.20. The fraction of sp³-hybridized carbons (Fsp3) is 0.900. The summed E-state index contributed by atoms with van der Waals surface area (Å²) in [5.41, 5.74) is 0. The van der Waals surface area contributed by atoms with E-state index in [1.54, 1.807) is 0 Å². The Labute approximate surface area is 87.2 Å². The summed E-state index contributed by atoms with van der Waals surface area (Å²) in [6.07, 6.45) is 1.25. The molecular formula is C10H23NO3. The Balaban J connectivity index is 0. The van der Waals surface area contributed by atoms with Crippen LogP contribution in [-0.2, 0) is 14.3 Å². The number of carbonyl (C=O) groups excluding carboxylic acids is 1. The van der Waals surface area contributed by atoms with Gasteiger partial charge in [-0.25, -0.2) is 4.79 Å². The monoisotopic (exact) mass is 205 g/mol. The fourth-order valence-electron chi connectivity index (χ4n) is 0.462. The standard InChI is InChI=1S/C7H15NO3.C3H8/c1-8(2)4-5-11-6-7(9)10-3;1-3-2/h4-6H2,1-3H3;3H2,1-2H3. The van der Waals surface area contributed by atoms with E-state index in [-0.39, 0.29) is 12.6 Å². The first kappa shape index (κ1) is 15.8. The Bertz CT molecular complexity index is 127. The smallest absolute Gasteiger partial charge is 0.331 e. The lowest BCUT2D eigenvalue weighted by Gasteiger charge is -2.08. The second kappa shape index (κ2) is 12.4. The van der Waals surface area contributed by atoms with Gasteiger partial charge in [-0.3, -0.25) is 0 Å². The van der Waals surface area contributed by atoms with E-state index in [4.69, 9.17) is 4.74 Å². The molecule has 86 valence electrons. The van der Waals surface area contributed by atoms with E-state index in [9.17, 15) is 4.79 Å². The minimum Gasteiger partial charge on any atom is -0.467 e. The first-order chi connectivity index (χ1) is 6.58. The molecule has 0 amide bonds. The molecule has 14 heavy (non-hydrogen) atoms. The minimum atomic E-state index is -0.330. The first-order valence-corrected chi connectivity index (χ1v) is 4.87. The van der Waals surface area contributed by atoms with Gasteiger partial charge in [0, 0.05) is 6.54 Å². The minimum absolute atomic E-state index is 0.0460. The number of carbonyl (C=O) groups is 1. The third-order valence-electron chi connectivity index (χ3n) is 1.13. The van der Waals surface area contributed by atoms with Crippen LogP contribution in [0.4, 0.5) is 0 Å². The predicted molar refractivity (Wildman–Crippen MR) is 57.4 cm³/mol. The number of hydrogen-bond acceptors (Lipinski definition) is 4. The molecule has 0 saturated heterocycles. The third-order valence-corrected chi connectivity index (χ3v) is 1.13. The van der Waals surface area contributed by atoms with E-state index in [2.05, 4.69) is 18.6 Å². The predicted octanol–water partition coefficient (Wildman–Crippen LogP) is 1.15. The van der Waals surface area contributed by atoms with E-state index in [0.29, 0.717) is 6.61 Å². The lowest BCUT2D eigenvalue weighted by molar-refractivity contribution is -0.145. The summed E-state index contributed by atoms with van der Waals surface area (Å²) in [5.74, 6) is -0.330. The normalized spacial score (nSPS) is 9.29. The van der Waals surface area contributed by atoms with Crippen LogP contribution in [0.2, 0.25) is 0 Å². The van der Waals surface area contributed by atoms with Crippen molar-refractivity contribution in [2.75, 3.05) is 41.0 Å². The SMILES string of the molecule is CCC.COC(=O)COCCN(C)C. The molecule has 0 unspecified atom stereocenters. The molecule has 0 bridgehead atoms. The highest BCUT2D eigenvalue weighted by Gasteiger charge is 1.98. The van der Waals surface area contributed by atoms with Gasteiger partial charge in [-0.1, -0.05) is 20.3 Å². The van der Waals surface area contributed by atoms with Crippen molar-refractivity contribution in [2.24, 2.45) is 0 Å². The quantitative estimate of drug-likeness (QED) is 0.498. The van der Waals surface area contributed by atoms with Crippen LogP contribution in [0.1, 0.15) is 20.3 Å². The summed E-state index contributed by atoms with van der Waals surface area (Å²) in [4.78, 5) is 12.5. The van der Waals surface area contributed by atoms with Crippen LogP contribution < -0.4 is 0 Å². The number of esters is 1. The number of rotatable bonds is 5. The van der Waals surface area contributed by atoms with E-state index < -0.39 is 0 Å². The Morgan fingerprint density at radius 2 is 1.79 bits per heavy atom. The maximum atomic E-state index is 10.5. The summed E-state index contributed by atoms with van der Waals surface area (Å²) in [6, 6.07) is 0. The number of nitrogens with zero attached hydrogens (tertiary/aromatic N) is 1. The third kappa shape index (κ3) is 17.5. The highest BCUT2D eigenvalue weighted by molar-refractivity contribution is 5.70. The highest BCUT2D eigenvalue weighted by atomic mass is 16.6. The van der Waals surface area contributed by atoms with Gasteiger partial charge >= 0.3 is 5.97 Å². The molecule has 0 saturated carbocycles. The van der Waals surface area contributed by atoms with Crippen LogP contribution in [0.5, 0.6) is 0 Å². The number of methoxy groups -OCH3 is 1.